The fourth-order valence-corrected chi connectivity index (χ4v) is 4.47. The van der Waals surface area contributed by atoms with E-state index in [1.807, 2.05) is 0 Å². The molecule has 3 rings (SSSR count). The number of ether oxygens (including phenoxy) is 1. The summed E-state index contributed by atoms with van der Waals surface area (Å²) in [5.74, 6) is -1.66. The molecule has 2 amide bonds. The molecule has 0 radical (unpaired) electrons. The van der Waals surface area contributed by atoms with Crippen molar-refractivity contribution < 1.29 is 27.9 Å². The molecule has 2 aromatic rings. The van der Waals surface area contributed by atoms with Gasteiger partial charge in [-0.25, -0.2) is 13.1 Å². The summed E-state index contributed by atoms with van der Waals surface area (Å²) in [6, 6.07) is 6.24. The number of aliphatic hydroxyl groups excluding tert-OH is 1. The minimum Gasteiger partial charge on any atom is -0.497 e. The van der Waals surface area contributed by atoms with Crippen molar-refractivity contribution in [1.82, 2.24) is 15.1 Å². The quantitative estimate of drug-likeness (QED) is 0.562. The molecule has 29 heavy (non-hydrogen) atoms. The summed E-state index contributed by atoms with van der Waals surface area (Å²) in [4.78, 5) is 24.6. The first-order chi connectivity index (χ1) is 13.8. The molecule has 0 bridgehead atoms. The number of rotatable bonds is 6. The van der Waals surface area contributed by atoms with Crippen molar-refractivity contribution in [2.24, 2.45) is 0 Å². The van der Waals surface area contributed by atoms with Crippen molar-refractivity contribution in [2.75, 3.05) is 19.0 Å². The Kier molecular flexibility index (Phi) is 5.89. The standard InChI is InChI=1S/C18H22N4O6S/c1-3-11(8-23)19-17(24)18(25)20-16-14-9-29(26,27)10-15(14)21-22(16)12-4-6-13(28-2)7-5-12/h4-7,11,23H,3,8-10H2,1-2H3,(H,19,24)(H,20,25)/t11-/m1/s1. The number of anilines is 1. The molecular formula is C18H22N4O6S. The summed E-state index contributed by atoms with van der Waals surface area (Å²) in [6.45, 7) is 1.46. The summed E-state index contributed by atoms with van der Waals surface area (Å²) in [5, 5.41) is 18.4. The Labute approximate surface area is 167 Å². The first-order valence-electron chi connectivity index (χ1n) is 8.96. The van der Waals surface area contributed by atoms with E-state index in [2.05, 4.69) is 15.7 Å². The van der Waals surface area contributed by atoms with Crippen LogP contribution in [0, 0.1) is 0 Å². The van der Waals surface area contributed by atoms with Crippen LogP contribution >= 0.6 is 0 Å². The zero-order valence-electron chi connectivity index (χ0n) is 16.0. The molecule has 1 atom stereocenters. The molecule has 0 unspecified atom stereocenters. The minimum absolute atomic E-state index is 0.128. The number of carbonyl (C=O) groups is 2. The van der Waals surface area contributed by atoms with E-state index < -0.39 is 27.7 Å². The summed E-state index contributed by atoms with van der Waals surface area (Å²) in [5.41, 5.74) is 1.25. The lowest BCUT2D eigenvalue weighted by Gasteiger charge is -2.15. The van der Waals surface area contributed by atoms with Crippen LogP contribution in [0.5, 0.6) is 5.75 Å². The molecule has 11 heteroatoms. The Hall–Kier alpha value is -2.92. The van der Waals surface area contributed by atoms with Crippen LogP contribution in [0.1, 0.15) is 24.6 Å². The summed E-state index contributed by atoms with van der Waals surface area (Å²) >= 11 is 0. The third-order valence-corrected chi connectivity index (χ3v) is 6.03. The van der Waals surface area contributed by atoms with Crippen LogP contribution in [-0.4, -0.2) is 54.9 Å². The van der Waals surface area contributed by atoms with Crippen molar-refractivity contribution in [3.05, 3.63) is 35.5 Å². The van der Waals surface area contributed by atoms with Gasteiger partial charge in [0.2, 0.25) is 0 Å². The Balaban J connectivity index is 1.93. The van der Waals surface area contributed by atoms with Gasteiger partial charge in [-0.15, -0.1) is 0 Å². The number of amides is 2. The molecule has 3 N–H and O–H groups in total. The van der Waals surface area contributed by atoms with Crippen LogP contribution in [-0.2, 0) is 30.9 Å². The van der Waals surface area contributed by atoms with Gasteiger partial charge in [0.1, 0.15) is 11.6 Å². The van der Waals surface area contributed by atoms with E-state index >= 15 is 0 Å². The van der Waals surface area contributed by atoms with Crippen molar-refractivity contribution in [3.63, 3.8) is 0 Å². The summed E-state index contributed by atoms with van der Waals surface area (Å²) in [6.07, 6.45) is 0.451. The maximum Gasteiger partial charge on any atom is 0.314 e. The van der Waals surface area contributed by atoms with Crippen molar-refractivity contribution in [1.29, 1.82) is 0 Å². The number of aliphatic hydroxyl groups is 1. The normalized spacial score (nSPS) is 15.4. The molecule has 1 aliphatic rings. The van der Waals surface area contributed by atoms with Gasteiger partial charge in [-0.1, -0.05) is 6.92 Å². The number of hydrogen-bond donors (Lipinski definition) is 3. The first kappa shape index (κ1) is 20.8. The number of sulfone groups is 1. The number of carbonyl (C=O) groups excluding carboxylic acids is 2. The van der Waals surface area contributed by atoms with E-state index in [0.29, 0.717) is 29.1 Å². The topological polar surface area (TPSA) is 140 Å². The Bertz CT molecular complexity index is 1030. The number of nitrogens with zero attached hydrogens (tertiary/aromatic N) is 2. The van der Waals surface area contributed by atoms with Crippen molar-refractivity contribution in [2.45, 2.75) is 30.9 Å². The second-order valence-electron chi connectivity index (χ2n) is 6.63. The van der Waals surface area contributed by atoms with Crippen LogP contribution in [0.15, 0.2) is 24.3 Å². The van der Waals surface area contributed by atoms with Gasteiger partial charge in [-0.3, -0.25) is 9.59 Å². The van der Waals surface area contributed by atoms with E-state index in [1.165, 1.54) is 11.8 Å². The number of aromatic nitrogens is 2. The molecule has 2 heterocycles. The average Bonchev–Trinajstić information content (AvgIpc) is 3.18. The lowest BCUT2D eigenvalue weighted by atomic mass is 10.2. The first-order valence-corrected chi connectivity index (χ1v) is 10.8. The van der Waals surface area contributed by atoms with E-state index in [9.17, 15) is 23.1 Å². The smallest absolute Gasteiger partial charge is 0.314 e. The molecule has 156 valence electrons. The monoisotopic (exact) mass is 422 g/mol. The second kappa shape index (κ2) is 8.21. The van der Waals surface area contributed by atoms with E-state index in [0.717, 1.165) is 0 Å². The van der Waals surface area contributed by atoms with E-state index in [-0.39, 0.29) is 23.9 Å². The highest BCUT2D eigenvalue weighted by Crippen LogP contribution is 2.33. The second-order valence-corrected chi connectivity index (χ2v) is 8.70. The number of nitrogens with one attached hydrogen (secondary N) is 2. The highest BCUT2D eigenvalue weighted by molar-refractivity contribution is 7.90. The van der Waals surface area contributed by atoms with Crippen LogP contribution in [0.4, 0.5) is 5.82 Å². The van der Waals surface area contributed by atoms with Gasteiger partial charge >= 0.3 is 11.8 Å². The van der Waals surface area contributed by atoms with Gasteiger partial charge in [0.25, 0.3) is 0 Å². The molecule has 1 aromatic carbocycles. The van der Waals surface area contributed by atoms with Crippen LogP contribution in [0.2, 0.25) is 0 Å². The van der Waals surface area contributed by atoms with Gasteiger partial charge in [0.15, 0.2) is 9.84 Å². The Morgan fingerprint density at radius 2 is 1.93 bits per heavy atom. The van der Waals surface area contributed by atoms with Crippen LogP contribution in [0.3, 0.4) is 0 Å². The lowest BCUT2D eigenvalue weighted by Crippen LogP contribution is -2.43. The van der Waals surface area contributed by atoms with Gasteiger partial charge in [-0.2, -0.15) is 5.10 Å². The molecule has 1 aromatic heterocycles. The third kappa shape index (κ3) is 4.40. The molecule has 0 fully saturated rings. The molecule has 0 aliphatic carbocycles. The fraction of sp³-hybridized carbons (Fsp3) is 0.389. The highest BCUT2D eigenvalue weighted by Gasteiger charge is 2.34. The van der Waals surface area contributed by atoms with Crippen molar-refractivity contribution >= 4 is 27.5 Å². The van der Waals surface area contributed by atoms with Crippen LogP contribution in [0.25, 0.3) is 5.69 Å². The minimum atomic E-state index is -3.36. The van der Waals surface area contributed by atoms with Gasteiger partial charge in [-0.05, 0) is 30.7 Å². The number of methoxy groups -OCH3 is 1. The molecule has 10 nitrogen and oxygen atoms in total. The Morgan fingerprint density at radius 1 is 1.24 bits per heavy atom. The SMILES string of the molecule is CC[C@H](CO)NC(=O)C(=O)Nc1c2c(nn1-c1ccc(OC)cc1)CS(=O)(=O)C2. The van der Waals surface area contributed by atoms with Gasteiger partial charge in [0.05, 0.1) is 42.6 Å². The maximum absolute atomic E-state index is 12.4. The molecule has 0 saturated heterocycles. The fourth-order valence-electron chi connectivity index (χ4n) is 2.97. The van der Waals surface area contributed by atoms with E-state index in [4.69, 9.17) is 4.74 Å². The Morgan fingerprint density at radius 3 is 2.52 bits per heavy atom. The predicted molar refractivity (Wildman–Crippen MR) is 104 cm³/mol. The summed E-state index contributed by atoms with van der Waals surface area (Å²) in [7, 11) is -1.83. The molecule has 0 saturated carbocycles. The number of benzene rings is 1. The molecule has 1 aliphatic heterocycles. The maximum atomic E-state index is 12.4. The largest absolute Gasteiger partial charge is 0.497 e. The predicted octanol–water partition coefficient (Wildman–Crippen LogP) is 0.135. The zero-order chi connectivity index (χ0) is 21.2. The highest BCUT2D eigenvalue weighted by atomic mass is 32.2. The van der Waals surface area contributed by atoms with Crippen molar-refractivity contribution in [3.8, 4) is 11.4 Å². The summed E-state index contributed by atoms with van der Waals surface area (Å²) < 4.78 is 30.5. The van der Waals surface area contributed by atoms with Gasteiger partial charge in [0, 0.05) is 5.56 Å². The van der Waals surface area contributed by atoms with E-state index in [1.54, 1.807) is 31.2 Å². The number of fused-ring (bicyclic) bond motifs is 1. The third-order valence-electron chi connectivity index (χ3n) is 4.59. The molecular weight excluding hydrogens is 400 g/mol. The lowest BCUT2D eigenvalue weighted by molar-refractivity contribution is -0.136. The zero-order valence-corrected chi connectivity index (χ0v) is 16.8. The molecule has 0 spiro atoms. The van der Waals surface area contributed by atoms with Gasteiger partial charge < -0.3 is 20.5 Å². The average molecular weight is 422 g/mol. The van der Waals surface area contributed by atoms with Crippen LogP contribution < -0.4 is 15.4 Å². The number of hydrogen-bond acceptors (Lipinski definition) is 7.